The van der Waals surface area contributed by atoms with E-state index in [1.165, 1.54) is 4.88 Å². The number of ether oxygens (including phenoxy) is 2. The molecule has 132 valence electrons. The number of hydrogen-bond acceptors (Lipinski definition) is 5. The molecule has 0 saturated carbocycles. The van der Waals surface area contributed by atoms with Crippen molar-refractivity contribution in [3.8, 4) is 5.75 Å². The number of benzene rings is 1. The summed E-state index contributed by atoms with van der Waals surface area (Å²) in [5, 5.41) is 2.07. The Bertz CT molecular complexity index is 760. The number of nitrogens with zero attached hydrogens (tertiary/aromatic N) is 2. The van der Waals surface area contributed by atoms with E-state index in [1.807, 2.05) is 29.2 Å². The van der Waals surface area contributed by atoms with Crippen molar-refractivity contribution in [3.63, 3.8) is 0 Å². The number of halogens is 1. The van der Waals surface area contributed by atoms with Crippen LogP contribution in [-0.4, -0.2) is 49.8 Å². The Morgan fingerprint density at radius 3 is 2.80 bits per heavy atom. The molecule has 2 aromatic rings. The SMILES string of the molecule is O=C(C1CN(Cc2sccc2Br)c2ccccc2O1)N1CCOCC1. The van der Waals surface area contributed by atoms with Crippen LogP contribution in [0.4, 0.5) is 5.69 Å². The maximum Gasteiger partial charge on any atom is 0.265 e. The third-order valence-electron chi connectivity index (χ3n) is 4.49. The van der Waals surface area contributed by atoms with Gasteiger partial charge in [-0.1, -0.05) is 12.1 Å². The first-order valence-corrected chi connectivity index (χ1v) is 9.98. The Kier molecular flexibility index (Phi) is 4.96. The van der Waals surface area contributed by atoms with Crippen LogP contribution < -0.4 is 9.64 Å². The van der Waals surface area contributed by atoms with Crippen molar-refractivity contribution < 1.29 is 14.3 Å². The predicted molar refractivity (Wildman–Crippen MR) is 101 cm³/mol. The van der Waals surface area contributed by atoms with E-state index in [-0.39, 0.29) is 5.91 Å². The van der Waals surface area contributed by atoms with Gasteiger partial charge in [-0.2, -0.15) is 0 Å². The number of carbonyl (C=O) groups is 1. The number of para-hydroxylation sites is 2. The van der Waals surface area contributed by atoms with Gasteiger partial charge in [-0.3, -0.25) is 4.79 Å². The maximum absolute atomic E-state index is 12.9. The van der Waals surface area contributed by atoms with Crippen molar-refractivity contribution >= 4 is 38.9 Å². The van der Waals surface area contributed by atoms with Crippen molar-refractivity contribution in [2.75, 3.05) is 37.7 Å². The summed E-state index contributed by atoms with van der Waals surface area (Å²) < 4.78 is 12.5. The van der Waals surface area contributed by atoms with Crippen LogP contribution in [0.15, 0.2) is 40.2 Å². The molecule has 0 bridgehead atoms. The van der Waals surface area contributed by atoms with Crippen molar-refractivity contribution in [1.82, 2.24) is 4.90 Å². The highest BCUT2D eigenvalue weighted by atomic mass is 79.9. The second-order valence-electron chi connectivity index (χ2n) is 6.08. The number of rotatable bonds is 3. The van der Waals surface area contributed by atoms with Crippen LogP contribution in [0.25, 0.3) is 0 Å². The molecule has 1 aromatic carbocycles. The summed E-state index contributed by atoms with van der Waals surface area (Å²) in [6, 6.07) is 9.99. The van der Waals surface area contributed by atoms with Gasteiger partial charge < -0.3 is 19.3 Å². The van der Waals surface area contributed by atoms with E-state index in [9.17, 15) is 4.79 Å². The molecule has 3 heterocycles. The molecular formula is C18H19BrN2O3S. The summed E-state index contributed by atoms with van der Waals surface area (Å²) >= 11 is 5.32. The molecule has 1 amide bonds. The summed E-state index contributed by atoms with van der Waals surface area (Å²) in [5.74, 6) is 0.820. The summed E-state index contributed by atoms with van der Waals surface area (Å²) in [6.45, 7) is 3.78. The first-order chi connectivity index (χ1) is 12.2. The van der Waals surface area contributed by atoms with E-state index >= 15 is 0 Å². The number of anilines is 1. The van der Waals surface area contributed by atoms with Crippen molar-refractivity contribution in [3.05, 3.63) is 45.1 Å². The molecule has 7 heteroatoms. The summed E-state index contributed by atoms with van der Waals surface area (Å²) in [6.07, 6.45) is -0.480. The lowest BCUT2D eigenvalue weighted by Crippen LogP contribution is -2.52. The fourth-order valence-corrected chi connectivity index (χ4v) is 4.68. The van der Waals surface area contributed by atoms with Gasteiger partial charge in [0.15, 0.2) is 6.10 Å². The number of fused-ring (bicyclic) bond motifs is 1. The lowest BCUT2D eigenvalue weighted by molar-refractivity contribution is -0.142. The lowest BCUT2D eigenvalue weighted by atomic mass is 10.1. The zero-order valence-electron chi connectivity index (χ0n) is 13.7. The van der Waals surface area contributed by atoms with E-state index < -0.39 is 6.10 Å². The Labute approximate surface area is 159 Å². The van der Waals surface area contributed by atoms with Crippen LogP contribution >= 0.6 is 27.3 Å². The molecule has 2 aliphatic rings. The lowest BCUT2D eigenvalue weighted by Gasteiger charge is -2.38. The second kappa shape index (κ2) is 7.35. The molecular weight excluding hydrogens is 404 g/mol. The van der Waals surface area contributed by atoms with E-state index in [4.69, 9.17) is 9.47 Å². The molecule has 0 spiro atoms. The normalized spacial score (nSPS) is 20.1. The zero-order chi connectivity index (χ0) is 17.2. The molecule has 0 N–H and O–H groups in total. The van der Waals surface area contributed by atoms with Crippen LogP contribution in [0, 0.1) is 0 Å². The molecule has 25 heavy (non-hydrogen) atoms. The van der Waals surface area contributed by atoms with E-state index in [1.54, 1.807) is 11.3 Å². The molecule has 1 aromatic heterocycles. The molecule has 2 aliphatic heterocycles. The molecule has 1 saturated heterocycles. The van der Waals surface area contributed by atoms with Gasteiger partial charge in [0.2, 0.25) is 0 Å². The largest absolute Gasteiger partial charge is 0.477 e. The average Bonchev–Trinajstić information content (AvgIpc) is 3.06. The number of thiophene rings is 1. The van der Waals surface area contributed by atoms with Gasteiger partial charge in [0.1, 0.15) is 5.75 Å². The van der Waals surface area contributed by atoms with E-state index in [0.29, 0.717) is 32.8 Å². The highest BCUT2D eigenvalue weighted by Gasteiger charge is 2.34. The average molecular weight is 423 g/mol. The van der Waals surface area contributed by atoms with Gasteiger partial charge in [0.05, 0.1) is 32.0 Å². The number of hydrogen-bond donors (Lipinski definition) is 0. The minimum absolute atomic E-state index is 0.0491. The summed E-state index contributed by atoms with van der Waals surface area (Å²) in [5.41, 5.74) is 1.04. The Morgan fingerprint density at radius 2 is 2.04 bits per heavy atom. The van der Waals surface area contributed by atoms with Gasteiger partial charge in [-0.25, -0.2) is 0 Å². The third-order valence-corrected chi connectivity index (χ3v) is 6.40. The number of carbonyl (C=O) groups excluding carboxylic acids is 1. The molecule has 1 unspecified atom stereocenters. The van der Waals surface area contributed by atoms with Crippen LogP contribution in [-0.2, 0) is 16.1 Å². The second-order valence-corrected chi connectivity index (χ2v) is 7.94. The zero-order valence-corrected chi connectivity index (χ0v) is 16.1. The van der Waals surface area contributed by atoms with Crippen LogP contribution in [0.2, 0.25) is 0 Å². The van der Waals surface area contributed by atoms with Crippen molar-refractivity contribution in [1.29, 1.82) is 0 Å². The van der Waals surface area contributed by atoms with Crippen LogP contribution in [0.5, 0.6) is 5.75 Å². The van der Waals surface area contributed by atoms with Gasteiger partial charge in [-0.05, 0) is 39.5 Å². The maximum atomic E-state index is 12.9. The first-order valence-electron chi connectivity index (χ1n) is 8.31. The fourth-order valence-electron chi connectivity index (χ4n) is 3.18. The Balaban J connectivity index is 1.57. The fraction of sp³-hybridized carbons (Fsp3) is 0.389. The van der Waals surface area contributed by atoms with Crippen LogP contribution in [0.1, 0.15) is 4.88 Å². The Morgan fingerprint density at radius 1 is 1.24 bits per heavy atom. The number of amides is 1. The molecule has 5 nitrogen and oxygen atoms in total. The number of morpholine rings is 1. The van der Waals surface area contributed by atoms with E-state index in [2.05, 4.69) is 32.3 Å². The molecule has 4 rings (SSSR count). The smallest absolute Gasteiger partial charge is 0.265 e. The topological polar surface area (TPSA) is 42.0 Å². The minimum Gasteiger partial charge on any atom is -0.477 e. The standard InChI is InChI=1S/C18H19BrN2O3S/c19-13-5-10-25-17(13)12-21-11-16(18(22)20-6-8-23-9-7-20)24-15-4-2-1-3-14(15)21/h1-5,10,16H,6-9,11-12H2. The van der Waals surface area contributed by atoms with Crippen molar-refractivity contribution in [2.24, 2.45) is 0 Å². The van der Waals surface area contributed by atoms with Gasteiger partial charge in [-0.15, -0.1) is 11.3 Å². The molecule has 1 atom stereocenters. The predicted octanol–water partition coefficient (Wildman–Crippen LogP) is 3.14. The van der Waals surface area contributed by atoms with Crippen molar-refractivity contribution in [2.45, 2.75) is 12.6 Å². The third kappa shape index (κ3) is 3.54. The first kappa shape index (κ1) is 16.9. The summed E-state index contributed by atoms with van der Waals surface area (Å²) in [7, 11) is 0. The van der Waals surface area contributed by atoms with Gasteiger partial charge in [0.25, 0.3) is 5.91 Å². The van der Waals surface area contributed by atoms with Gasteiger partial charge in [0, 0.05) is 22.4 Å². The van der Waals surface area contributed by atoms with Gasteiger partial charge >= 0.3 is 0 Å². The monoisotopic (exact) mass is 422 g/mol. The van der Waals surface area contributed by atoms with Crippen LogP contribution in [0.3, 0.4) is 0 Å². The molecule has 0 radical (unpaired) electrons. The highest BCUT2D eigenvalue weighted by Crippen LogP contribution is 2.36. The molecule has 0 aliphatic carbocycles. The minimum atomic E-state index is -0.480. The van der Waals surface area contributed by atoms with E-state index in [0.717, 1.165) is 22.5 Å². The summed E-state index contributed by atoms with van der Waals surface area (Å²) in [4.78, 5) is 18.2. The quantitative estimate of drug-likeness (QED) is 0.761. The Hall–Kier alpha value is -1.57. The molecule has 1 fully saturated rings. The highest BCUT2D eigenvalue weighted by molar-refractivity contribution is 9.10.